The predicted molar refractivity (Wildman–Crippen MR) is 134 cm³/mol. The number of carbonyl (C=O) groups excluding carboxylic acids is 4. The molecule has 1 atom stereocenters. The molecule has 200 valence electrons. The Morgan fingerprint density at radius 2 is 1.87 bits per heavy atom. The first kappa shape index (κ1) is 27.0. The number of ketones is 1. The Morgan fingerprint density at radius 1 is 1.16 bits per heavy atom. The van der Waals surface area contributed by atoms with Crippen LogP contribution in [0.1, 0.15) is 46.3 Å². The van der Waals surface area contributed by atoms with E-state index in [0.717, 1.165) is 12.1 Å². The van der Waals surface area contributed by atoms with Gasteiger partial charge in [-0.2, -0.15) is 8.78 Å². The molecule has 3 amide bonds. The van der Waals surface area contributed by atoms with E-state index in [1.165, 1.54) is 21.9 Å². The van der Waals surface area contributed by atoms with Gasteiger partial charge in [0, 0.05) is 43.9 Å². The highest BCUT2D eigenvalue weighted by molar-refractivity contribution is 6.01. The molecule has 0 aliphatic carbocycles. The van der Waals surface area contributed by atoms with Gasteiger partial charge in [0.25, 0.3) is 11.8 Å². The zero-order valence-corrected chi connectivity index (χ0v) is 21.3. The molecule has 2 aromatic rings. The molecule has 1 saturated heterocycles. The third-order valence-electron chi connectivity index (χ3n) is 6.77. The Balaban J connectivity index is 1.36. The van der Waals surface area contributed by atoms with Crippen molar-refractivity contribution in [1.29, 1.82) is 0 Å². The van der Waals surface area contributed by atoms with Gasteiger partial charge in [-0.1, -0.05) is 18.7 Å². The van der Waals surface area contributed by atoms with Crippen molar-refractivity contribution < 1.29 is 32.7 Å². The van der Waals surface area contributed by atoms with Gasteiger partial charge in [0.15, 0.2) is 6.61 Å². The quantitative estimate of drug-likeness (QED) is 0.543. The van der Waals surface area contributed by atoms with Gasteiger partial charge in [0.2, 0.25) is 11.7 Å². The number of carbonyl (C=O) groups is 4. The van der Waals surface area contributed by atoms with Gasteiger partial charge in [-0.25, -0.2) is 0 Å². The van der Waals surface area contributed by atoms with Gasteiger partial charge in [-0.05, 0) is 60.7 Å². The van der Waals surface area contributed by atoms with Crippen LogP contribution in [0.5, 0.6) is 5.75 Å². The number of allylic oxidation sites excluding steroid dienone is 1. The third-order valence-corrected chi connectivity index (χ3v) is 6.77. The van der Waals surface area contributed by atoms with E-state index >= 15 is 0 Å². The van der Waals surface area contributed by atoms with Crippen LogP contribution in [0.4, 0.5) is 8.78 Å². The highest BCUT2D eigenvalue weighted by Gasteiger charge is 2.40. The maximum absolute atomic E-state index is 14.8. The third kappa shape index (κ3) is 5.58. The molecule has 0 aromatic heterocycles. The molecule has 1 fully saturated rings. The number of nitrogens with one attached hydrogen (secondary N) is 1. The van der Waals surface area contributed by atoms with Crippen molar-refractivity contribution >= 4 is 23.5 Å². The topological polar surface area (TPSA) is 96.0 Å². The normalized spacial score (nSPS) is 17.2. The summed E-state index contributed by atoms with van der Waals surface area (Å²) in [5, 5.41) is 2.68. The summed E-state index contributed by atoms with van der Waals surface area (Å²) in [4.78, 5) is 52.2. The smallest absolute Gasteiger partial charge is 0.330 e. The van der Waals surface area contributed by atoms with Crippen LogP contribution < -0.4 is 10.1 Å². The molecule has 10 heteroatoms. The molecule has 1 unspecified atom stereocenters. The van der Waals surface area contributed by atoms with Crippen LogP contribution in [0.3, 0.4) is 0 Å². The Hall–Kier alpha value is -4.08. The number of rotatable bonds is 9. The molecule has 2 aromatic carbocycles. The molecule has 0 saturated carbocycles. The highest BCUT2D eigenvalue weighted by atomic mass is 19.3. The zero-order valence-electron chi connectivity index (χ0n) is 21.3. The van der Waals surface area contributed by atoms with E-state index in [4.69, 9.17) is 4.74 Å². The lowest BCUT2D eigenvalue weighted by atomic mass is 9.97. The number of hydrogen-bond donors (Lipinski definition) is 1. The van der Waals surface area contributed by atoms with Gasteiger partial charge >= 0.3 is 5.92 Å². The van der Waals surface area contributed by atoms with Gasteiger partial charge < -0.3 is 19.9 Å². The first-order chi connectivity index (χ1) is 18.0. The molecule has 1 N–H and O–H groups in total. The van der Waals surface area contributed by atoms with Crippen molar-refractivity contribution in [3.8, 4) is 5.75 Å². The average molecular weight is 526 g/mol. The Morgan fingerprint density at radius 3 is 2.53 bits per heavy atom. The van der Waals surface area contributed by atoms with E-state index < -0.39 is 29.7 Å². The fourth-order valence-corrected chi connectivity index (χ4v) is 4.47. The summed E-state index contributed by atoms with van der Waals surface area (Å²) in [7, 11) is 3.15. The minimum atomic E-state index is -3.69. The number of fused-ring (bicyclic) bond motifs is 1. The second kappa shape index (κ2) is 10.7. The number of aryl methyl sites for hydroxylation is 1. The summed E-state index contributed by atoms with van der Waals surface area (Å²) in [6.07, 6.45) is 0.756. The van der Waals surface area contributed by atoms with E-state index in [9.17, 15) is 28.0 Å². The number of likely N-dealkylation sites (N-methyl/N-ethyl adjacent to an activating group) is 1. The molecule has 0 radical (unpaired) electrons. The van der Waals surface area contributed by atoms with Crippen LogP contribution in [0.25, 0.3) is 0 Å². The molecule has 38 heavy (non-hydrogen) atoms. The summed E-state index contributed by atoms with van der Waals surface area (Å²) in [6.45, 7) is 3.77. The van der Waals surface area contributed by atoms with Crippen LogP contribution in [0.15, 0.2) is 54.7 Å². The number of benzene rings is 2. The van der Waals surface area contributed by atoms with Crippen LogP contribution in [0, 0.1) is 0 Å². The van der Waals surface area contributed by atoms with Gasteiger partial charge in [0.05, 0.1) is 0 Å². The van der Waals surface area contributed by atoms with Gasteiger partial charge in [-0.3, -0.25) is 19.2 Å². The summed E-state index contributed by atoms with van der Waals surface area (Å²) < 4.78 is 35.0. The SMILES string of the molecule is C=C1CCC(N2Cc3cc(CCC(=O)C(F)(F)c4ccc(OCC(=O)N(C)C)cc4)ccc3C2=O)C(=O)N1. The fourth-order valence-electron chi connectivity index (χ4n) is 4.47. The second-order valence-electron chi connectivity index (χ2n) is 9.67. The maximum atomic E-state index is 14.8. The van der Waals surface area contributed by atoms with E-state index in [1.807, 2.05) is 0 Å². The lowest BCUT2D eigenvalue weighted by molar-refractivity contribution is -0.144. The van der Waals surface area contributed by atoms with Gasteiger partial charge in [-0.15, -0.1) is 0 Å². The largest absolute Gasteiger partial charge is 0.484 e. The average Bonchev–Trinajstić information content (AvgIpc) is 3.21. The summed E-state index contributed by atoms with van der Waals surface area (Å²) >= 11 is 0. The molecule has 0 spiro atoms. The second-order valence-corrected chi connectivity index (χ2v) is 9.67. The van der Waals surface area contributed by atoms with Crippen molar-refractivity contribution in [3.63, 3.8) is 0 Å². The van der Waals surface area contributed by atoms with Crippen LogP contribution in [0.2, 0.25) is 0 Å². The lowest BCUT2D eigenvalue weighted by Gasteiger charge is -2.30. The molecule has 2 aliphatic heterocycles. The Labute approximate surface area is 219 Å². The van der Waals surface area contributed by atoms with E-state index in [0.29, 0.717) is 35.2 Å². The maximum Gasteiger partial charge on any atom is 0.330 e. The number of ether oxygens (including phenoxy) is 1. The summed E-state index contributed by atoms with van der Waals surface area (Å²) in [5.41, 5.74) is 1.99. The van der Waals surface area contributed by atoms with Crippen molar-refractivity contribution in [2.24, 2.45) is 0 Å². The number of piperidine rings is 1. The molecule has 0 bridgehead atoms. The minimum Gasteiger partial charge on any atom is -0.484 e. The first-order valence-corrected chi connectivity index (χ1v) is 12.2. The van der Waals surface area contributed by atoms with E-state index in [-0.39, 0.29) is 43.0 Å². The number of amides is 3. The van der Waals surface area contributed by atoms with Gasteiger partial charge in [0.1, 0.15) is 11.8 Å². The Bertz CT molecular complexity index is 1290. The molecular formula is C28H29F2N3O5. The van der Waals surface area contributed by atoms with Crippen LogP contribution in [-0.4, -0.2) is 60.0 Å². The highest BCUT2D eigenvalue weighted by Crippen LogP contribution is 2.33. The van der Waals surface area contributed by atoms with Crippen molar-refractivity contribution in [2.45, 2.75) is 44.2 Å². The fraction of sp³-hybridized carbons (Fsp3) is 0.357. The summed E-state index contributed by atoms with van der Waals surface area (Å²) in [6, 6.07) is 9.23. The molecular weight excluding hydrogens is 496 g/mol. The van der Waals surface area contributed by atoms with Crippen molar-refractivity contribution in [3.05, 3.63) is 77.0 Å². The first-order valence-electron chi connectivity index (χ1n) is 12.2. The molecule has 4 rings (SSSR count). The summed E-state index contributed by atoms with van der Waals surface area (Å²) in [5.74, 6) is -5.47. The number of halogens is 2. The number of hydrogen-bond acceptors (Lipinski definition) is 5. The Kier molecular flexibility index (Phi) is 7.61. The van der Waals surface area contributed by atoms with E-state index in [2.05, 4.69) is 11.9 Å². The van der Waals surface area contributed by atoms with E-state index in [1.54, 1.807) is 32.3 Å². The van der Waals surface area contributed by atoms with Crippen molar-refractivity contribution in [2.75, 3.05) is 20.7 Å². The van der Waals surface area contributed by atoms with Crippen LogP contribution >= 0.6 is 0 Å². The number of Topliss-reactive ketones (excluding diaryl/α,β-unsaturated/α-hetero) is 1. The number of nitrogens with zero attached hydrogens (tertiary/aromatic N) is 2. The zero-order chi connectivity index (χ0) is 27.6. The minimum absolute atomic E-state index is 0.0769. The monoisotopic (exact) mass is 525 g/mol. The lowest BCUT2D eigenvalue weighted by Crippen LogP contribution is -2.49. The molecule has 8 nitrogen and oxygen atoms in total. The predicted octanol–water partition coefficient (Wildman–Crippen LogP) is 3.20. The molecule has 2 heterocycles. The van der Waals surface area contributed by atoms with Crippen molar-refractivity contribution in [1.82, 2.24) is 15.1 Å². The molecule has 2 aliphatic rings. The standard InChI is InChI=1S/C28H29F2N3O5/c1-17-4-12-23(26(36)31-17)33-15-19-14-18(5-11-22(19)27(33)37)6-13-24(34)28(29,30)20-7-9-21(10-8-20)38-16-25(35)32(2)3/h5,7-11,14,23H,1,4,6,12-13,15-16H2,2-3H3,(H,31,36). The number of alkyl halides is 2. The van der Waals surface area contributed by atoms with Crippen LogP contribution in [-0.2, 0) is 33.3 Å².